The summed E-state index contributed by atoms with van der Waals surface area (Å²) in [6, 6.07) is 0. The van der Waals surface area contributed by atoms with Gasteiger partial charge >= 0.3 is 0 Å². The topological polar surface area (TPSA) is 65.2 Å². The van der Waals surface area contributed by atoms with Gasteiger partial charge in [0.2, 0.25) is 0 Å². The molecule has 0 unspecified atom stereocenters. The minimum absolute atomic E-state index is 0.555. The maximum Gasteiger partial charge on any atom is 0.104 e. The Bertz CT molecular complexity index is 213. The van der Waals surface area contributed by atoms with Gasteiger partial charge in [-0.2, -0.15) is 0 Å². The Balaban J connectivity index is 2.57. The van der Waals surface area contributed by atoms with Crippen LogP contribution in [-0.2, 0) is 0 Å². The summed E-state index contributed by atoms with van der Waals surface area (Å²) in [5, 5.41) is 24.1. The number of hydrogen-bond donors (Lipinski definition) is 2. The Hall–Kier alpha value is -1.06. The van der Waals surface area contributed by atoms with Gasteiger partial charge in [-0.25, -0.2) is 0 Å². The van der Waals surface area contributed by atoms with Gasteiger partial charge in [0, 0.05) is 0 Å². The molecule has 1 aliphatic carbocycles. The summed E-state index contributed by atoms with van der Waals surface area (Å²) < 4.78 is 0. The molecule has 0 atom stereocenters. The van der Waals surface area contributed by atoms with Crippen LogP contribution in [0.15, 0.2) is 10.3 Å². The van der Waals surface area contributed by atoms with Gasteiger partial charge < -0.3 is 10.4 Å². The highest BCUT2D eigenvalue weighted by atomic mass is 16.4. The summed E-state index contributed by atoms with van der Waals surface area (Å²) in [6.45, 7) is 0. The first-order chi connectivity index (χ1) is 7.38. The lowest BCUT2D eigenvalue weighted by atomic mass is 10.0. The fraction of sp³-hybridized carbons (Fsp3) is 0.818. The number of nitrogens with zero attached hydrogens (tertiary/aromatic N) is 2. The maximum atomic E-state index is 8.84. The Labute approximate surface area is 90.7 Å². The van der Waals surface area contributed by atoms with Crippen molar-refractivity contribution in [2.45, 2.75) is 57.8 Å². The van der Waals surface area contributed by atoms with Gasteiger partial charge in [-0.15, -0.1) is 0 Å². The maximum absolute atomic E-state index is 8.84. The molecule has 2 N–H and O–H groups in total. The van der Waals surface area contributed by atoms with E-state index in [0.29, 0.717) is 11.4 Å². The third-order valence-electron chi connectivity index (χ3n) is 2.90. The van der Waals surface area contributed by atoms with E-state index < -0.39 is 0 Å². The van der Waals surface area contributed by atoms with Crippen LogP contribution >= 0.6 is 0 Å². The molecule has 1 fully saturated rings. The second kappa shape index (κ2) is 7.26. The summed E-state index contributed by atoms with van der Waals surface area (Å²) in [4.78, 5) is 0. The van der Waals surface area contributed by atoms with Crippen molar-refractivity contribution in [1.29, 1.82) is 0 Å². The van der Waals surface area contributed by atoms with Crippen LogP contribution in [0, 0.1) is 0 Å². The Kier molecular flexibility index (Phi) is 5.81. The van der Waals surface area contributed by atoms with Crippen LogP contribution in [0.3, 0.4) is 0 Å². The summed E-state index contributed by atoms with van der Waals surface area (Å²) in [7, 11) is 0. The zero-order valence-corrected chi connectivity index (χ0v) is 9.15. The molecule has 1 saturated carbocycles. The third-order valence-corrected chi connectivity index (χ3v) is 2.90. The average molecular weight is 212 g/mol. The molecule has 1 aliphatic rings. The van der Waals surface area contributed by atoms with Gasteiger partial charge in [0.25, 0.3) is 0 Å². The lowest BCUT2D eigenvalue weighted by molar-refractivity contribution is 0.312. The predicted octanol–water partition coefficient (Wildman–Crippen LogP) is 3.17. The predicted molar refractivity (Wildman–Crippen MR) is 60.0 cm³/mol. The SMILES string of the molecule is ON=C1CCCCCCCCCC1=NO. The lowest BCUT2D eigenvalue weighted by Gasteiger charge is -2.04. The van der Waals surface area contributed by atoms with Crippen LogP contribution in [0.25, 0.3) is 0 Å². The van der Waals surface area contributed by atoms with Crippen LogP contribution in [0.2, 0.25) is 0 Å². The van der Waals surface area contributed by atoms with E-state index >= 15 is 0 Å². The molecular weight excluding hydrogens is 192 g/mol. The minimum Gasteiger partial charge on any atom is -0.411 e. The van der Waals surface area contributed by atoms with Crippen LogP contribution in [0.4, 0.5) is 0 Å². The van der Waals surface area contributed by atoms with E-state index in [4.69, 9.17) is 10.4 Å². The molecule has 4 nitrogen and oxygen atoms in total. The molecule has 86 valence electrons. The second-order valence-electron chi connectivity index (χ2n) is 4.07. The number of rotatable bonds is 0. The first-order valence-electron chi connectivity index (χ1n) is 5.80. The fourth-order valence-electron chi connectivity index (χ4n) is 1.97. The van der Waals surface area contributed by atoms with E-state index in [9.17, 15) is 0 Å². The molecule has 0 spiro atoms. The minimum atomic E-state index is 0.555. The zero-order valence-electron chi connectivity index (χ0n) is 9.15. The van der Waals surface area contributed by atoms with Crippen molar-refractivity contribution in [1.82, 2.24) is 0 Å². The first-order valence-corrected chi connectivity index (χ1v) is 5.80. The standard InChI is InChI=1S/C11H20N2O2/c14-12-10-8-6-4-2-1-3-5-7-9-11(10)13-15/h14-15H,1-9H2. The molecule has 0 aromatic rings. The molecule has 0 bridgehead atoms. The quantitative estimate of drug-likeness (QED) is 0.478. The van der Waals surface area contributed by atoms with Crippen molar-refractivity contribution in [2.75, 3.05) is 0 Å². The van der Waals surface area contributed by atoms with Crippen molar-refractivity contribution >= 4 is 11.4 Å². The highest BCUT2D eigenvalue weighted by Crippen LogP contribution is 2.14. The van der Waals surface area contributed by atoms with Gasteiger partial charge in [-0.05, 0) is 25.7 Å². The molecule has 0 amide bonds. The van der Waals surface area contributed by atoms with Gasteiger partial charge in [-0.3, -0.25) is 0 Å². The zero-order chi connectivity index (χ0) is 10.9. The second-order valence-corrected chi connectivity index (χ2v) is 4.07. The number of oxime groups is 2. The molecule has 0 radical (unpaired) electrons. The summed E-state index contributed by atoms with van der Waals surface area (Å²) in [5.74, 6) is 0. The summed E-state index contributed by atoms with van der Waals surface area (Å²) in [6.07, 6.45) is 9.59. The summed E-state index contributed by atoms with van der Waals surface area (Å²) in [5.41, 5.74) is 1.11. The van der Waals surface area contributed by atoms with Crippen LogP contribution in [-0.4, -0.2) is 21.8 Å². The lowest BCUT2D eigenvalue weighted by Crippen LogP contribution is -2.14. The Morgan fingerprint density at radius 3 is 1.27 bits per heavy atom. The van der Waals surface area contributed by atoms with Crippen LogP contribution in [0.5, 0.6) is 0 Å². The number of hydrogen-bond acceptors (Lipinski definition) is 4. The smallest absolute Gasteiger partial charge is 0.104 e. The van der Waals surface area contributed by atoms with Crippen molar-refractivity contribution < 1.29 is 10.4 Å². The van der Waals surface area contributed by atoms with E-state index in [2.05, 4.69) is 10.3 Å². The van der Waals surface area contributed by atoms with E-state index in [1.165, 1.54) is 19.3 Å². The van der Waals surface area contributed by atoms with Gasteiger partial charge in [0.1, 0.15) is 11.4 Å². The van der Waals surface area contributed by atoms with Crippen molar-refractivity contribution in [3.63, 3.8) is 0 Å². The molecule has 0 aromatic carbocycles. The fourth-order valence-corrected chi connectivity index (χ4v) is 1.97. The highest BCUT2D eigenvalue weighted by molar-refractivity contribution is 6.42. The van der Waals surface area contributed by atoms with Crippen LogP contribution in [0.1, 0.15) is 57.8 Å². The normalized spacial score (nSPS) is 26.4. The van der Waals surface area contributed by atoms with Crippen molar-refractivity contribution in [3.05, 3.63) is 0 Å². The molecule has 1 rings (SSSR count). The molecular formula is C11H20N2O2. The molecule has 0 aliphatic heterocycles. The Morgan fingerprint density at radius 2 is 0.933 bits per heavy atom. The molecule has 15 heavy (non-hydrogen) atoms. The molecule has 0 saturated heterocycles. The Morgan fingerprint density at radius 1 is 0.600 bits per heavy atom. The third kappa shape index (κ3) is 4.32. The van der Waals surface area contributed by atoms with Crippen molar-refractivity contribution in [3.8, 4) is 0 Å². The molecule has 0 aromatic heterocycles. The van der Waals surface area contributed by atoms with Gasteiger partial charge in [-0.1, -0.05) is 42.4 Å². The van der Waals surface area contributed by atoms with Crippen LogP contribution < -0.4 is 0 Å². The van der Waals surface area contributed by atoms with Gasteiger partial charge in [0.15, 0.2) is 0 Å². The van der Waals surface area contributed by atoms with Gasteiger partial charge in [0.05, 0.1) is 0 Å². The van der Waals surface area contributed by atoms with E-state index in [-0.39, 0.29) is 0 Å². The first kappa shape index (κ1) is 12.0. The monoisotopic (exact) mass is 212 g/mol. The molecule has 0 heterocycles. The average Bonchev–Trinajstić information content (AvgIpc) is 2.32. The highest BCUT2D eigenvalue weighted by Gasteiger charge is 2.11. The molecule has 4 heteroatoms. The van der Waals surface area contributed by atoms with E-state index in [0.717, 1.165) is 38.5 Å². The van der Waals surface area contributed by atoms with Crippen molar-refractivity contribution in [2.24, 2.45) is 10.3 Å². The largest absolute Gasteiger partial charge is 0.411 e. The van der Waals surface area contributed by atoms with E-state index in [1.54, 1.807) is 0 Å². The summed E-state index contributed by atoms with van der Waals surface area (Å²) >= 11 is 0. The van der Waals surface area contributed by atoms with E-state index in [1.807, 2.05) is 0 Å².